The Morgan fingerprint density at radius 3 is 2.89 bits per heavy atom. The molecule has 0 bridgehead atoms. The summed E-state index contributed by atoms with van der Waals surface area (Å²) < 4.78 is 2.14. The summed E-state index contributed by atoms with van der Waals surface area (Å²) >= 11 is 1.59. The first-order valence-corrected chi connectivity index (χ1v) is 7.57. The van der Waals surface area contributed by atoms with Gasteiger partial charge in [-0.1, -0.05) is 11.8 Å². The molecule has 100 valence electrons. The average Bonchev–Trinajstić information content (AvgIpc) is 2.85. The molecule has 0 radical (unpaired) electrons. The summed E-state index contributed by atoms with van der Waals surface area (Å²) in [6.45, 7) is 5.18. The van der Waals surface area contributed by atoms with Crippen molar-refractivity contribution >= 4 is 17.6 Å². The fourth-order valence-electron chi connectivity index (χ4n) is 2.34. The number of nitrogens with zero attached hydrogens (tertiary/aromatic N) is 5. The SMILES string of the molecule is CSc1nc(C)cc(N2CC(Cn3ccnc3)C2)n1. The van der Waals surface area contributed by atoms with Crippen LogP contribution in [0.1, 0.15) is 5.69 Å². The van der Waals surface area contributed by atoms with E-state index in [0.29, 0.717) is 5.92 Å². The second-order valence-electron chi connectivity index (χ2n) is 4.88. The van der Waals surface area contributed by atoms with Gasteiger partial charge in [0.1, 0.15) is 5.82 Å². The van der Waals surface area contributed by atoms with Crippen molar-refractivity contribution in [2.24, 2.45) is 5.92 Å². The van der Waals surface area contributed by atoms with Gasteiger partial charge in [-0.05, 0) is 13.2 Å². The maximum absolute atomic E-state index is 4.56. The summed E-state index contributed by atoms with van der Waals surface area (Å²) in [5.74, 6) is 1.74. The summed E-state index contributed by atoms with van der Waals surface area (Å²) in [5.41, 5.74) is 1.03. The molecule has 0 saturated carbocycles. The van der Waals surface area contributed by atoms with Crippen molar-refractivity contribution in [3.8, 4) is 0 Å². The van der Waals surface area contributed by atoms with Gasteiger partial charge in [0.25, 0.3) is 0 Å². The van der Waals surface area contributed by atoms with Crippen molar-refractivity contribution in [1.82, 2.24) is 19.5 Å². The third-order valence-corrected chi connectivity index (χ3v) is 3.86. The van der Waals surface area contributed by atoms with E-state index in [0.717, 1.165) is 36.3 Å². The van der Waals surface area contributed by atoms with Crippen LogP contribution in [0.2, 0.25) is 0 Å². The molecule has 0 spiro atoms. The van der Waals surface area contributed by atoms with E-state index >= 15 is 0 Å². The van der Waals surface area contributed by atoms with E-state index in [-0.39, 0.29) is 0 Å². The quantitative estimate of drug-likeness (QED) is 0.629. The van der Waals surface area contributed by atoms with E-state index in [1.807, 2.05) is 31.9 Å². The maximum atomic E-state index is 4.56. The van der Waals surface area contributed by atoms with Crippen molar-refractivity contribution in [3.63, 3.8) is 0 Å². The molecule has 19 heavy (non-hydrogen) atoms. The van der Waals surface area contributed by atoms with Gasteiger partial charge in [-0.25, -0.2) is 15.0 Å². The molecule has 0 atom stereocenters. The fraction of sp³-hybridized carbons (Fsp3) is 0.462. The number of imidazole rings is 1. The third-order valence-electron chi connectivity index (χ3n) is 3.31. The molecule has 0 aromatic carbocycles. The number of aryl methyl sites for hydroxylation is 1. The normalized spacial score (nSPS) is 15.6. The van der Waals surface area contributed by atoms with Crippen molar-refractivity contribution in [2.45, 2.75) is 18.6 Å². The van der Waals surface area contributed by atoms with E-state index in [4.69, 9.17) is 0 Å². The highest BCUT2D eigenvalue weighted by Gasteiger charge is 2.28. The standard InChI is InChI=1S/C13H17N5S/c1-10-5-12(16-13(15-10)19-2)18-7-11(8-18)6-17-4-3-14-9-17/h3-5,9,11H,6-8H2,1-2H3. The Labute approximate surface area is 117 Å². The van der Waals surface area contributed by atoms with E-state index in [1.54, 1.807) is 11.8 Å². The highest BCUT2D eigenvalue weighted by atomic mass is 32.2. The predicted molar refractivity (Wildman–Crippen MR) is 76.5 cm³/mol. The third kappa shape index (κ3) is 2.73. The molecule has 1 aliphatic rings. The number of hydrogen-bond acceptors (Lipinski definition) is 5. The molecular weight excluding hydrogens is 258 g/mol. The topological polar surface area (TPSA) is 46.8 Å². The Balaban J connectivity index is 1.62. The highest BCUT2D eigenvalue weighted by Crippen LogP contribution is 2.25. The van der Waals surface area contributed by atoms with Gasteiger partial charge in [-0.3, -0.25) is 0 Å². The first-order valence-electron chi connectivity index (χ1n) is 6.35. The molecule has 3 heterocycles. The van der Waals surface area contributed by atoms with Crippen LogP contribution in [0.25, 0.3) is 0 Å². The Hall–Kier alpha value is -1.56. The van der Waals surface area contributed by atoms with E-state index in [2.05, 4.69) is 30.5 Å². The lowest BCUT2D eigenvalue weighted by Crippen LogP contribution is -2.49. The van der Waals surface area contributed by atoms with Crippen LogP contribution in [-0.4, -0.2) is 38.9 Å². The molecule has 1 fully saturated rings. The van der Waals surface area contributed by atoms with Gasteiger partial charge in [0.15, 0.2) is 5.16 Å². The van der Waals surface area contributed by atoms with Crippen LogP contribution >= 0.6 is 11.8 Å². The van der Waals surface area contributed by atoms with Gasteiger partial charge in [-0.2, -0.15) is 0 Å². The zero-order chi connectivity index (χ0) is 13.2. The smallest absolute Gasteiger partial charge is 0.189 e. The Kier molecular flexibility index (Phi) is 3.42. The van der Waals surface area contributed by atoms with Crippen LogP contribution in [-0.2, 0) is 6.54 Å². The van der Waals surface area contributed by atoms with E-state index in [1.165, 1.54) is 0 Å². The Morgan fingerprint density at radius 1 is 1.37 bits per heavy atom. The molecule has 0 unspecified atom stereocenters. The zero-order valence-corrected chi connectivity index (χ0v) is 12.0. The van der Waals surface area contributed by atoms with Gasteiger partial charge >= 0.3 is 0 Å². The maximum Gasteiger partial charge on any atom is 0.189 e. The molecule has 2 aromatic heterocycles. The van der Waals surface area contributed by atoms with Crippen LogP contribution < -0.4 is 4.90 Å². The average molecular weight is 275 g/mol. The molecule has 0 aliphatic carbocycles. The largest absolute Gasteiger partial charge is 0.356 e. The first-order chi connectivity index (χ1) is 9.24. The lowest BCUT2D eigenvalue weighted by molar-refractivity contribution is 0.354. The molecule has 1 aliphatic heterocycles. The van der Waals surface area contributed by atoms with Crippen LogP contribution in [0.5, 0.6) is 0 Å². The lowest BCUT2D eigenvalue weighted by atomic mass is 10.0. The van der Waals surface area contributed by atoms with Gasteiger partial charge in [0.05, 0.1) is 6.33 Å². The summed E-state index contributed by atoms with van der Waals surface area (Å²) in [6.07, 6.45) is 7.73. The first kappa shape index (κ1) is 12.5. The minimum atomic E-state index is 0.683. The highest BCUT2D eigenvalue weighted by molar-refractivity contribution is 7.98. The lowest BCUT2D eigenvalue weighted by Gasteiger charge is -2.40. The molecule has 1 saturated heterocycles. The van der Waals surface area contributed by atoms with Crippen LogP contribution in [0.15, 0.2) is 29.9 Å². The number of thioether (sulfide) groups is 1. The van der Waals surface area contributed by atoms with E-state index < -0.39 is 0 Å². The van der Waals surface area contributed by atoms with Gasteiger partial charge in [0.2, 0.25) is 0 Å². The van der Waals surface area contributed by atoms with Gasteiger partial charge in [0, 0.05) is 49.7 Å². The van der Waals surface area contributed by atoms with Crippen molar-refractivity contribution in [1.29, 1.82) is 0 Å². The molecule has 0 amide bonds. The summed E-state index contributed by atoms with van der Waals surface area (Å²) in [4.78, 5) is 15.3. The van der Waals surface area contributed by atoms with Crippen molar-refractivity contribution in [2.75, 3.05) is 24.2 Å². The Bertz CT molecular complexity index is 548. The number of rotatable bonds is 4. The molecule has 0 N–H and O–H groups in total. The van der Waals surface area contributed by atoms with Crippen LogP contribution in [0.3, 0.4) is 0 Å². The minimum absolute atomic E-state index is 0.683. The summed E-state index contributed by atoms with van der Waals surface area (Å²) in [5, 5.41) is 0.855. The second-order valence-corrected chi connectivity index (χ2v) is 5.66. The molecule has 5 nitrogen and oxygen atoms in total. The number of hydrogen-bond donors (Lipinski definition) is 0. The van der Waals surface area contributed by atoms with Crippen molar-refractivity contribution in [3.05, 3.63) is 30.5 Å². The van der Waals surface area contributed by atoms with E-state index in [9.17, 15) is 0 Å². The molecule has 6 heteroatoms. The number of anilines is 1. The predicted octanol–water partition coefficient (Wildman–Crippen LogP) is 1.84. The summed E-state index contributed by atoms with van der Waals surface area (Å²) in [6, 6.07) is 2.06. The second kappa shape index (κ2) is 5.21. The Morgan fingerprint density at radius 2 is 2.21 bits per heavy atom. The van der Waals surface area contributed by atoms with Crippen LogP contribution in [0, 0.1) is 12.8 Å². The molecule has 2 aromatic rings. The monoisotopic (exact) mass is 275 g/mol. The molecular formula is C13H17N5S. The van der Waals surface area contributed by atoms with Crippen LogP contribution in [0.4, 0.5) is 5.82 Å². The van der Waals surface area contributed by atoms with Gasteiger partial charge in [-0.15, -0.1) is 0 Å². The number of aromatic nitrogens is 4. The molecule has 3 rings (SSSR count). The zero-order valence-electron chi connectivity index (χ0n) is 11.2. The minimum Gasteiger partial charge on any atom is -0.356 e. The fourth-order valence-corrected chi connectivity index (χ4v) is 2.76. The van der Waals surface area contributed by atoms with Gasteiger partial charge < -0.3 is 9.47 Å². The van der Waals surface area contributed by atoms with Crippen molar-refractivity contribution < 1.29 is 0 Å². The summed E-state index contributed by atoms with van der Waals surface area (Å²) in [7, 11) is 0.